The van der Waals surface area contributed by atoms with E-state index in [9.17, 15) is 8.42 Å². The summed E-state index contributed by atoms with van der Waals surface area (Å²) in [5, 5.41) is 0. The third kappa shape index (κ3) is 3.97. The zero-order valence-electron chi connectivity index (χ0n) is 13.8. The van der Waals surface area contributed by atoms with Crippen LogP contribution in [0.25, 0.3) is 0 Å². The highest BCUT2D eigenvalue weighted by atomic mass is 32.2. The second-order valence-electron chi connectivity index (χ2n) is 6.96. The lowest BCUT2D eigenvalue weighted by molar-refractivity contribution is 0.160. The Balaban J connectivity index is 1.96. The SMILES string of the molecule is CN(C)C1(CNS(=O)(=O)N(C)C2CCCCC2)CCCC1. The van der Waals surface area contributed by atoms with Crippen LogP contribution in [0.15, 0.2) is 0 Å². The van der Waals surface area contributed by atoms with Crippen molar-refractivity contribution >= 4 is 10.2 Å². The number of nitrogens with one attached hydrogen (secondary N) is 1. The van der Waals surface area contributed by atoms with Gasteiger partial charge in [-0.3, -0.25) is 0 Å². The summed E-state index contributed by atoms with van der Waals surface area (Å²) in [6.45, 7) is 0.527. The van der Waals surface area contributed by atoms with Gasteiger partial charge in [-0.05, 0) is 39.8 Å². The van der Waals surface area contributed by atoms with E-state index in [2.05, 4.69) is 23.7 Å². The summed E-state index contributed by atoms with van der Waals surface area (Å²) in [4.78, 5) is 2.20. The summed E-state index contributed by atoms with van der Waals surface area (Å²) in [5.41, 5.74) is 0.000471. The number of hydrogen-bond acceptors (Lipinski definition) is 3. The molecule has 0 aromatic heterocycles. The second-order valence-corrected chi connectivity index (χ2v) is 8.77. The Kier molecular flexibility index (Phi) is 5.68. The smallest absolute Gasteiger partial charge is 0.279 e. The molecule has 2 fully saturated rings. The quantitative estimate of drug-likeness (QED) is 0.815. The third-order valence-electron chi connectivity index (χ3n) is 5.53. The molecule has 0 atom stereocenters. The number of likely N-dealkylation sites (N-methyl/N-ethyl adjacent to an activating group) is 1. The van der Waals surface area contributed by atoms with Crippen molar-refractivity contribution in [1.29, 1.82) is 0 Å². The Hall–Kier alpha value is -0.170. The summed E-state index contributed by atoms with van der Waals surface area (Å²) < 4.78 is 29.5. The molecule has 0 bridgehead atoms. The van der Waals surface area contributed by atoms with Gasteiger partial charge in [0.15, 0.2) is 0 Å². The molecule has 0 radical (unpaired) electrons. The van der Waals surface area contributed by atoms with E-state index in [4.69, 9.17) is 0 Å². The Morgan fingerprint density at radius 1 is 1.00 bits per heavy atom. The minimum Gasteiger partial charge on any atom is -0.302 e. The molecule has 0 saturated heterocycles. The molecule has 6 heteroatoms. The van der Waals surface area contributed by atoms with Gasteiger partial charge in [-0.2, -0.15) is 12.7 Å². The molecule has 2 rings (SSSR count). The Labute approximate surface area is 130 Å². The third-order valence-corrected chi connectivity index (χ3v) is 7.10. The van der Waals surface area contributed by atoms with Crippen LogP contribution in [0.1, 0.15) is 57.8 Å². The van der Waals surface area contributed by atoms with E-state index in [1.54, 1.807) is 11.4 Å². The van der Waals surface area contributed by atoms with Gasteiger partial charge in [-0.15, -0.1) is 0 Å². The van der Waals surface area contributed by atoms with Gasteiger partial charge in [0, 0.05) is 25.2 Å². The summed E-state index contributed by atoms with van der Waals surface area (Å²) >= 11 is 0. The average Bonchev–Trinajstić information content (AvgIpc) is 2.96. The largest absolute Gasteiger partial charge is 0.302 e. The van der Waals surface area contributed by atoms with Crippen molar-refractivity contribution < 1.29 is 8.42 Å². The molecule has 2 aliphatic carbocycles. The van der Waals surface area contributed by atoms with Gasteiger partial charge in [-0.1, -0.05) is 32.1 Å². The first-order valence-electron chi connectivity index (χ1n) is 8.27. The number of nitrogens with zero attached hydrogens (tertiary/aromatic N) is 2. The van der Waals surface area contributed by atoms with Gasteiger partial charge in [0.1, 0.15) is 0 Å². The lowest BCUT2D eigenvalue weighted by atomic mass is 9.96. The van der Waals surface area contributed by atoms with Crippen LogP contribution in [0.2, 0.25) is 0 Å². The van der Waals surface area contributed by atoms with E-state index in [0.29, 0.717) is 6.54 Å². The van der Waals surface area contributed by atoms with Crippen molar-refractivity contribution in [3.63, 3.8) is 0 Å². The summed E-state index contributed by atoms with van der Waals surface area (Å²) in [6, 6.07) is 0.176. The fraction of sp³-hybridized carbons (Fsp3) is 1.00. The van der Waals surface area contributed by atoms with Crippen molar-refractivity contribution in [3.05, 3.63) is 0 Å². The molecule has 0 aliphatic heterocycles. The summed E-state index contributed by atoms with van der Waals surface area (Å²) in [6.07, 6.45) is 10.1. The Morgan fingerprint density at radius 2 is 1.57 bits per heavy atom. The molecule has 0 aromatic rings. The van der Waals surface area contributed by atoms with Gasteiger partial charge in [0.2, 0.25) is 0 Å². The van der Waals surface area contributed by atoms with Crippen LogP contribution in [-0.4, -0.2) is 56.9 Å². The highest BCUT2D eigenvalue weighted by molar-refractivity contribution is 7.87. The molecule has 2 aliphatic rings. The maximum Gasteiger partial charge on any atom is 0.279 e. The molecular formula is C15H31N3O2S. The molecule has 2 saturated carbocycles. The van der Waals surface area contributed by atoms with Gasteiger partial charge in [0.25, 0.3) is 10.2 Å². The average molecular weight is 317 g/mol. The van der Waals surface area contributed by atoms with Crippen LogP contribution in [0, 0.1) is 0 Å². The molecule has 0 unspecified atom stereocenters. The number of rotatable bonds is 6. The van der Waals surface area contributed by atoms with Crippen molar-refractivity contribution in [2.24, 2.45) is 0 Å². The molecule has 1 N–H and O–H groups in total. The monoisotopic (exact) mass is 317 g/mol. The normalized spacial score (nSPS) is 24.0. The summed E-state index contributed by atoms with van der Waals surface area (Å²) in [7, 11) is 2.49. The van der Waals surface area contributed by atoms with Crippen molar-refractivity contribution in [2.75, 3.05) is 27.7 Å². The lowest BCUT2D eigenvalue weighted by Crippen LogP contribution is -2.54. The highest BCUT2D eigenvalue weighted by Gasteiger charge is 2.38. The van der Waals surface area contributed by atoms with Crippen LogP contribution in [0.3, 0.4) is 0 Å². The van der Waals surface area contributed by atoms with Crippen molar-refractivity contribution in [3.8, 4) is 0 Å². The molecule has 0 amide bonds. The zero-order valence-corrected chi connectivity index (χ0v) is 14.6. The lowest BCUT2D eigenvalue weighted by Gasteiger charge is -2.37. The zero-order chi connectivity index (χ0) is 15.5. The van der Waals surface area contributed by atoms with Crippen LogP contribution in [0.4, 0.5) is 0 Å². The first-order valence-corrected chi connectivity index (χ1v) is 9.71. The first kappa shape index (κ1) is 17.2. The van der Waals surface area contributed by atoms with Crippen LogP contribution >= 0.6 is 0 Å². The fourth-order valence-corrected chi connectivity index (χ4v) is 5.04. The molecule has 0 spiro atoms. The molecule has 5 nitrogen and oxygen atoms in total. The predicted molar refractivity (Wildman–Crippen MR) is 86.4 cm³/mol. The Bertz CT molecular complexity index is 424. The van der Waals surface area contributed by atoms with Gasteiger partial charge < -0.3 is 4.90 Å². The number of hydrogen-bond donors (Lipinski definition) is 1. The predicted octanol–water partition coefficient (Wildman–Crippen LogP) is 1.96. The molecular weight excluding hydrogens is 286 g/mol. The van der Waals surface area contributed by atoms with E-state index in [1.807, 2.05) is 0 Å². The minimum absolute atomic E-state index is 0.000471. The van der Waals surface area contributed by atoms with Crippen LogP contribution in [0.5, 0.6) is 0 Å². The van der Waals surface area contributed by atoms with E-state index < -0.39 is 10.2 Å². The maximum absolute atomic E-state index is 12.5. The van der Waals surface area contributed by atoms with Gasteiger partial charge in [-0.25, -0.2) is 4.72 Å². The van der Waals surface area contributed by atoms with Crippen molar-refractivity contribution in [2.45, 2.75) is 69.4 Å². The maximum atomic E-state index is 12.5. The van der Waals surface area contributed by atoms with Crippen molar-refractivity contribution in [1.82, 2.24) is 13.9 Å². The topological polar surface area (TPSA) is 52.7 Å². The van der Waals surface area contributed by atoms with Crippen LogP contribution in [-0.2, 0) is 10.2 Å². The molecule has 21 heavy (non-hydrogen) atoms. The van der Waals surface area contributed by atoms with E-state index in [-0.39, 0.29) is 11.6 Å². The summed E-state index contributed by atoms with van der Waals surface area (Å²) in [5.74, 6) is 0. The van der Waals surface area contributed by atoms with E-state index in [1.165, 1.54) is 19.3 Å². The fourth-order valence-electron chi connectivity index (χ4n) is 3.78. The van der Waals surface area contributed by atoms with Gasteiger partial charge >= 0.3 is 0 Å². The molecule has 124 valence electrons. The van der Waals surface area contributed by atoms with E-state index in [0.717, 1.165) is 38.5 Å². The second kappa shape index (κ2) is 6.94. The minimum atomic E-state index is -3.36. The van der Waals surface area contributed by atoms with Crippen LogP contribution < -0.4 is 4.72 Å². The van der Waals surface area contributed by atoms with E-state index >= 15 is 0 Å². The molecule has 0 heterocycles. The van der Waals surface area contributed by atoms with Gasteiger partial charge in [0.05, 0.1) is 0 Å². The molecule has 0 aromatic carbocycles. The Morgan fingerprint density at radius 3 is 2.10 bits per heavy atom. The first-order chi connectivity index (χ1) is 9.87. The highest BCUT2D eigenvalue weighted by Crippen LogP contribution is 2.33. The standard InChI is InChI=1S/C15H31N3O2S/c1-17(2)15(11-7-8-12-15)13-16-21(19,20)18(3)14-9-5-4-6-10-14/h14,16H,4-13H2,1-3H3.